The number of benzene rings is 1. The predicted octanol–water partition coefficient (Wildman–Crippen LogP) is 3.15. The van der Waals surface area contributed by atoms with E-state index in [4.69, 9.17) is 4.74 Å². The number of nitrogens with one attached hydrogen (secondary N) is 1. The van der Waals surface area contributed by atoms with Gasteiger partial charge in [0, 0.05) is 18.2 Å². The second-order valence-electron chi connectivity index (χ2n) is 6.60. The standard InChI is InChI=1S/C18H21N3O2S/c22-18(20-15-9-13-5-7-21(11-15)8-6-13)14-1-3-16(4-2-14)23-17-10-19-12-24-17/h1-4,10,12-13,15H,5-9,11H2,(H,20,22). The average molecular weight is 343 g/mol. The first-order valence-electron chi connectivity index (χ1n) is 8.46. The highest BCUT2D eigenvalue weighted by Crippen LogP contribution is 2.27. The number of carbonyl (C=O) groups excluding carboxylic acids is 1. The average Bonchev–Trinajstić information content (AvgIpc) is 2.94. The molecule has 3 aliphatic heterocycles. The number of hydrogen-bond acceptors (Lipinski definition) is 5. The van der Waals surface area contributed by atoms with Crippen molar-refractivity contribution < 1.29 is 9.53 Å². The summed E-state index contributed by atoms with van der Waals surface area (Å²) in [6, 6.07) is 7.55. The van der Waals surface area contributed by atoms with E-state index in [0.717, 1.165) is 29.7 Å². The molecule has 24 heavy (non-hydrogen) atoms. The maximum Gasteiger partial charge on any atom is 0.251 e. The number of piperidine rings is 1. The van der Waals surface area contributed by atoms with Crippen LogP contribution in [0.5, 0.6) is 10.8 Å². The van der Waals surface area contributed by atoms with Crippen LogP contribution in [0.2, 0.25) is 0 Å². The van der Waals surface area contributed by atoms with Gasteiger partial charge in [0.05, 0.1) is 11.7 Å². The quantitative estimate of drug-likeness (QED) is 0.926. The molecule has 1 atom stereocenters. The smallest absolute Gasteiger partial charge is 0.251 e. The molecule has 1 aromatic carbocycles. The minimum Gasteiger partial charge on any atom is -0.445 e. The number of nitrogens with zero attached hydrogens (tertiary/aromatic N) is 2. The Kier molecular flexibility index (Phi) is 4.49. The van der Waals surface area contributed by atoms with Crippen molar-refractivity contribution >= 4 is 17.2 Å². The van der Waals surface area contributed by atoms with Gasteiger partial charge in [0.2, 0.25) is 5.06 Å². The number of fused-ring (bicyclic) bond motifs is 4. The summed E-state index contributed by atoms with van der Waals surface area (Å²) in [4.78, 5) is 19.0. The number of hydrogen-bond donors (Lipinski definition) is 1. The molecular formula is C18H21N3O2S. The molecule has 6 heteroatoms. The van der Waals surface area contributed by atoms with E-state index in [-0.39, 0.29) is 11.9 Å². The third kappa shape index (κ3) is 3.60. The van der Waals surface area contributed by atoms with Crippen LogP contribution in [0.1, 0.15) is 29.6 Å². The van der Waals surface area contributed by atoms with Gasteiger partial charge in [-0.05, 0) is 62.5 Å². The molecule has 3 fully saturated rings. The van der Waals surface area contributed by atoms with Gasteiger partial charge in [-0.2, -0.15) is 0 Å². The third-order valence-electron chi connectivity index (χ3n) is 4.88. The maximum absolute atomic E-state index is 12.5. The molecular weight excluding hydrogens is 322 g/mol. The summed E-state index contributed by atoms with van der Waals surface area (Å²) in [5, 5.41) is 3.96. The van der Waals surface area contributed by atoms with Gasteiger partial charge in [0.15, 0.2) is 0 Å². The fourth-order valence-electron chi connectivity index (χ4n) is 3.61. The molecule has 1 amide bonds. The lowest BCUT2D eigenvalue weighted by Gasteiger charge is -2.26. The van der Waals surface area contributed by atoms with Crippen LogP contribution in [-0.4, -0.2) is 41.5 Å². The van der Waals surface area contributed by atoms with Crippen molar-refractivity contribution in [1.29, 1.82) is 0 Å². The Morgan fingerprint density at radius 2 is 2.04 bits per heavy atom. The summed E-state index contributed by atoms with van der Waals surface area (Å²) >= 11 is 1.44. The monoisotopic (exact) mass is 343 g/mol. The van der Waals surface area contributed by atoms with Crippen LogP contribution in [0.15, 0.2) is 36.0 Å². The first kappa shape index (κ1) is 15.6. The van der Waals surface area contributed by atoms with Gasteiger partial charge in [-0.3, -0.25) is 4.79 Å². The lowest BCUT2D eigenvalue weighted by molar-refractivity contribution is 0.0929. The molecule has 4 heterocycles. The molecule has 126 valence electrons. The molecule has 5 nitrogen and oxygen atoms in total. The highest BCUT2D eigenvalue weighted by Gasteiger charge is 2.29. The Morgan fingerprint density at radius 1 is 1.25 bits per heavy atom. The summed E-state index contributed by atoms with van der Waals surface area (Å²) in [7, 11) is 0. The zero-order valence-electron chi connectivity index (χ0n) is 13.5. The van der Waals surface area contributed by atoms with Crippen molar-refractivity contribution in [1.82, 2.24) is 15.2 Å². The topological polar surface area (TPSA) is 54.5 Å². The van der Waals surface area contributed by atoms with Crippen LogP contribution >= 0.6 is 11.3 Å². The predicted molar refractivity (Wildman–Crippen MR) is 93.7 cm³/mol. The van der Waals surface area contributed by atoms with Crippen molar-refractivity contribution in [2.24, 2.45) is 5.92 Å². The van der Waals surface area contributed by atoms with E-state index in [1.54, 1.807) is 11.7 Å². The molecule has 1 unspecified atom stereocenters. The molecule has 2 bridgehead atoms. The summed E-state index contributed by atoms with van der Waals surface area (Å²) < 4.78 is 5.67. The summed E-state index contributed by atoms with van der Waals surface area (Å²) in [5.41, 5.74) is 2.41. The van der Waals surface area contributed by atoms with Gasteiger partial charge in [0.1, 0.15) is 5.75 Å². The van der Waals surface area contributed by atoms with Gasteiger partial charge < -0.3 is 15.0 Å². The van der Waals surface area contributed by atoms with Crippen LogP contribution in [0, 0.1) is 5.92 Å². The zero-order chi connectivity index (χ0) is 16.4. The van der Waals surface area contributed by atoms with Crippen molar-refractivity contribution in [3.05, 3.63) is 41.5 Å². The highest BCUT2D eigenvalue weighted by atomic mass is 32.1. The summed E-state index contributed by atoms with van der Waals surface area (Å²) in [6.45, 7) is 3.34. The first-order chi connectivity index (χ1) is 11.8. The molecule has 1 N–H and O–H groups in total. The Morgan fingerprint density at radius 3 is 2.75 bits per heavy atom. The summed E-state index contributed by atoms with van der Waals surface area (Å²) in [6.07, 6.45) is 5.34. The third-order valence-corrected chi connectivity index (χ3v) is 5.53. The van der Waals surface area contributed by atoms with Crippen LogP contribution in [-0.2, 0) is 0 Å². The first-order valence-corrected chi connectivity index (χ1v) is 9.34. The number of aromatic nitrogens is 1. The normalized spacial score (nSPS) is 25.9. The lowest BCUT2D eigenvalue weighted by Crippen LogP contribution is -2.41. The van der Waals surface area contributed by atoms with Crippen LogP contribution in [0.4, 0.5) is 0 Å². The Balaban J connectivity index is 1.37. The fourth-order valence-corrected chi connectivity index (χ4v) is 4.10. The Hall–Kier alpha value is -1.92. The second kappa shape index (κ2) is 6.91. The molecule has 0 saturated carbocycles. The Labute approximate surface area is 145 Å². The minimum absolute atomic E-state index is 0.00633. The molecule has 3 saturated heterocycles. The maximum atomic E-state index is 12.5. The van der Waals surface area contributed by atoms with Crippen molar-refractivity contribution in [3.8, 4) is 10.8 Å². The SMILES string of the molecule is O=C(NC1CC2CCN(CC2)C1)c1ccc(Oc2cncs2)cc1. The number of amides is 1. The van der Waals surface area contributed by atoms with Crippen LogP contribution in [0.3, 0.4) is 0 Å². The number of carbonyl (C=O) groups is 1. The Bertz CT molecular complexity index is 665. The molecule has 0 radical (unpaired) electrons. The van der Waals surface area contributed by atoms with E-state index in [1.807, 2.05) is 24.3 Å². The van der Waals surface area contributed by atoms with E-state index < -0.39 is 0 Å². The zero-order valence-corrected chi connectivity index (χ0v) is 14.3. The summed E-state index contributed by atoms with van der Waals surface area (Å²) in [5.74, 6) is 1.49. The molecule has 1 aromatic heterocycles. The minimum atomic E-state index is 0.00633. The van der Waals surface area contributed by atoms with Gasteiger partial charge >= 0.3 is 0 Å². The second-order valence-corrected chi connectivity index (χ2v) is 7.45. The number of ether oxygens (including phenoxy) is 1. The van der Waals surface area contributed by atoms with Crippen molar-refractivity contribution in [3.63, 3.8) is 0 Å². The van der Waals surface area contributed by atoms with Crippen LogP contribution in [0.25, 0.3) is 0 Å². The van der Waals surface area contributed by atoms with E-state index in [1.165, 1.54) is 37.3 Å². The van der Waals surface area contributed by atoms with E-state index >= 15 is 0 Å². The van der Waals surface area contributed by atoms with Gasteiger partial charge in [0.25, 0.3) is 5.91 Å². The molecule has 0 aliphatic carbocycles. The molecule has 3 aliphatic rings. The molecule has 2 aromatic rings. The van der Waals surface area contributed by atoms with E-state index in [2.05, 4.69) is 15.2 Å². The molecule has 5 rings (SSSR count). The van der Waals surface area contributed by atoms with Gasteiger partial charge in [-0.25, -0.2) is 4.98 Å². The van der Waals surface area contributed by atoms with Gasteiger partial charge in [-0.1, -0.05) is 11.3 Å². The van der Waals surface area contributed by atoms with E-state index in [0.29, 0.717) is 5.56 Å². The van der Waals surface area contributed by atoms with Crippen molar-refractivity contribution in [2.75, 3.05) is 19.6 Å². The highest BCUT2D eigenvalue weighted by molar-refractivity contribution is 7.11. The molecule has 0 spiro atoms. The van der Waals surface area contributed by atoms with Gasteiger partial charge in [-0.15, -0.1) is 0 Å². The number of thiazole rings is 1. The lowest BCUT2D eigenvalue weighted by atomic mass is 9.94. The van der Waals surface area contributed by atoms with Crippen LogP contribution < -0.4 is 10.1 Å². The largest absolute Gasteiger partial charge is 0.445 e. The van der Waals surface area contributed by atoms with Crippen molar-refractivity contribution in [2.45, 2.75) is 25.3 Å². The number of rotatable bonds is 4. The van der Waals surface area contributed by atoms with E-state index in [9.17, 15) is 4.79 Å². The fraction of sp³-hybridized carbons (Fsp3) is 0.444.